The monoisotopic (exact) mass is 272 g/mol. The molecule has 0 aliphatic carbocycles. The van der Waals surface area contributed by atoms with Gasteiger partial charge in [-0.15, -0.1) is 0 Å². The Morgan fingerprint density at radius 1 is 1.61 bits per heavy atom. The number of aromatic amines is 1. The maximum Gasteiger partial charge on any atom is 0.285 e. The average molecular weight is 273 g/mol. The van der Waals surface area contributed by atoms with Crippen molar-refractivity contribution in [3.8, 4) is 0 Å². The number of hydrogen-bond donors (Lipinski definition) is 2. The smallest absolute Gasteiger partial charge is 0.285 e. The molecule has 7 heteroatoms. The molecule has 1 aromatic rings. The Morgan fingerprint density at radius 3 is 3.06 bits per heavy atom. The van der Waals surface area contributed by atoms with E-state index in [-0.39, 0.29) is 16.6 Å². The summed E-state index contributed by atoms with van der Waals surface area (Å²) in [5, 5.41) is 9.37. The molecule has 1 unspecified atom stereocenters. The Morgan fingerprint density at radius 2 is 2.33 bits per heavy atom. The number of hydrogen-bond acceptors (Lipinski definition) is 5. The predicted octanol–water partition coefficient (Wildman–Crippen LogP) is 0.556. The van der Waals surface area contributed by atoms with Crippen LogP contribution < -0.4 is 10.9 Å². The predicted molar refractivity (Wildman–Crippen MR) is 70.2 cm³/mol. The molecule has 0 saturated carbocycles. The van der Waals surface area contributed by atoms with Crippen molar-refractivity contribution in [1.82, 2.24) is 15.1 Å². The highest BCUT2D eigenvalue weighted by molar-refractivity contribution is 6.32. The SMILES string of the molecule is CC(CN1CCOCC1)Nc1cn[nH]c(=O)c1Cl. The van der Waals surface area contributed by atoms with Crippen molar-refractivity contribution in [2.75, 3.05) is 38.2 Å². The van der Waals surface area contributed by atoms with Gasteiger partial charge < -0.3 is 10.1 Å². The molecule has 1 aliphatic heterocycles. The van der Waals surface area contributed by atoms with Crippen LogP contribution in [-0.4, -0.2) is 54.0 Å². The van der Waals surface area contributed by atoms with Gasteiger partial charge in [-0.1, -0.05) is 11.6 Å². The van der Waals surface area contributed by atoms with Crippen LogP contribution in [0.5, 0.6) is 0 Å². The van der Waals surface area contributed by atoms with E-state index in [1.54, 1.807) is 0 Å². The zero-order valence-electron chi connectivity index (χ0n) is 10.3. The van der Waals surface area contributed by atoms with E-state index in [9.17, 15) is 4.79 Å². The first-order valence-corrected chi connectivity index (χ1v) is 6.34. The van der Waals surface area contributed by atoms with E-state index in [2.05, 4.69) is 20.4 Å². The number of ether oxygens (including phenoxy) is 1. The second-order valence-corrected chi connectivity index (χ2v) is 4.76. The number of halogens is 1. The second-order valence-electron chi connectivity index (χ2n) is 4.39. The number of rotatable bonds is 4. The van der Waals surface area contributed by atoms with Gasteiger partial charge in [-0.3, -0.25) is 9.69 Å². The van der Waals surface area contributed by atoms with Gasteiger partial charge >= 0.3 is 0 Å². The molecule has 1 fully saturated rings. The summed E-state index contributed by atoms with van der Waals surface area (Å²) in [4.78, 5) is 13.6. The maximum absolute atomic E-state index is 11.3. The topological polar surface area (TPSA) is 70.2 Å². The minimum Gasteiger partial charge on any atom is -0.379 e. The first-order chi connectivity index (χ1) is 8.66. The highest BCUT2D eigenvalue weighted by Crippen LogP contribution is 2.15. The highest BCUT2D eigenvalue weighted by Gasteiger charge is 2.15. The van der Waals surface area contributed by atoms with Crippen LogP contribution in [0.1, 0.15) is 6.92 Å². The van der Waals surface area contributed by atoms with Crippen molar-refractivity contribution in [1.29, 1.82) is 0 Å². The van der Waals surface area contributed by atoms with Crippen molar-refractivity contribution in [3.05, 3.63) is 21.6 Å². The number of morpholine rings is 1. The first kappa shape index (κ1) is 13.3. The third-order valence-corrected chi connectivity index (χ3v) is 3.21. The summed E-state index contributed by atoms with van der Waals surface area (Å²) in [6.07, 6.45) is 1.53. The quantitative estimate of drug-likeness (QED) is 0.838. The molecule has 0 radical (unpaired) electrons. The summed E-state index contributed by atoms with van der Waals surface area (Å²) in [5.41, 5.74) is 0.196. The number of aromatic nitrogens is 2. The molecule has 0 amide bonds. The molecule has 1 aliphatic rings. The lowest BCUT2D eigenvalue weighted by atomic mass is 10.2. The minimum atomic E-state index is -0.375. The van der Waals surface area contributed by atoms with Gasteiger partial charge in [0, 0.05) is 25.7 Å². The van der Waals surface area contributed by atoms with Crippen molar-refractivity contribution < 1.29 is 4.74 Å². The van der Waals surface area contributed by atoms with Gasteiger partial charge in [0.15, 0.2) is 0 Å². The summed E-state index contributed by atoms with van der Waals surface area (Å²) < 4.78 is 5.30. The number of anilines is 1. The molecular weight excluding hydrogens is 256 g/mol. The van der Waals surface area contributed by atoms with E-state index in [1.807, 2.05) is 6.92 Å². The van der Waals surface area contributed by atoms with Gasteiger partial charge in [-0.25, -0.2) is 5.10 Å². The molecule has 0 bridgehead atoms. The van der Waals surface area contributed by atoms with Gasteiger partial charge in [0.25, 0.3) is 5.56 Å². The van der Waals surface area contributed by atoms with Crippen LogP contribution in [0, 0.1) is 0 Å². The highest BCUT2D eigenvalue weighted by atomic mass is 35.5. The fourth-order valence-corrected chi connectivity index (χ4v) is 2.11. The van der Waals surface area contributed by atoms with Crippen molar-refractivity contribution in [3.63, 3.8) is 0 Å². The molecule has 6 nitrogen and oxygen atoms in total. The van der Waals surface area contributed by atoms with Crippen LogP contribution in [0.2, 0.25) is 5.02 Å². The molecule has 1 saturated heterocycles. The van der Waals surface area contributed by atoms with E-state index >= 15 is 0 Å². The zero-order chi connectivity index (χ0) is 13.0. The molecule has 1 atom stereocenters. The van der Waals surface area contributed by atoms with Crippen LogP contribution >= 0.6 is 11.6 Å². The van der Waals surface area contributed by atoms with E-state index in [0.717, 1.165) is 32.8 Å². The van der Waals surface area contributed by atoms with Gasteiger partial charge in [-0.05, 0) is 6.92 Å². The summed E-state index contributed by atoms with van der Waals surface area (Å²) in [5.74, 6) is 0. The fraction of sp³-hybridized carbons (Fsp3) is 0.636. The maximum atomic E-state index is 11.3. The number of H-pyrrole nitrogens is 1. The molecule has 2 rings (SSSR count). The van der Waals surface area contributed by atoms with Gasteiger partial charge in [0.1, 0.15) is 5.02 Å². The first-order valence-electron chi connectivity index (χ1n) is 5.96. The Hall–Kier alpha value is -1.11. The molecule has 2 N–H and O–H groups in total. The molecular formula is C11H17ClN4O2. The van der Waals surface area contributed by atoms with Crippen LogP contribution in [0.15, 0.2) is 11.0 Å². The van der Waals surface area contributed by atoms with Gasteiger partial charge in [0.05, 0.1) is 25.1 Å². The molecule has 2 heterocycles. The summed E-state index contributed by atoms with van der Waals surface area (Å²) in [7, 11) is 0. The van der Waals surface area contributed by atoms with E-state index < -0.39 is 0 Å². The van der Waals surface area contributed by atoms with Gasteiger partial charge in [-0.2, -0.15) is 5.10 Å². The van der Waals surface area contributed by atoms with Gasteiger partial charge in [0.2, 0.25) is 0 Å². The van der Waals surface area contributed by atoms with Crippen molar-refractivity contribution >= 4 is 17.3 Å². The lowest BCUT2D eigenvalue weighted by molar-refractivity contribution is 0.0368. The summed E-state index contributed by atoms with van der Waals surface area (Å²) in [6.45, 7) is 6.36. The van der Waals surface area contributed by atoms with E-state index in [1.165, 1.54) is 6.20 Å². The minimum absolute atomic E-state index is 0.152. The Balaban J connectivity index is 1.92. The van der Waals surface area contributed by atoms with Crippen LogP contribution in [0.25, 0.3) is 0 Å². The largest absolute Gasteiger partial charge is 0.379 e. The fourth-order valence-electron chi connectivity index (χ4n) is 1.97. The third kappa shape index (κ3) is 3.44. The summed E-state index contributed by atoms with van der Waals surface area (Å²) in [6, 6.07) is 0.184. The lowest BCUT2D eigenvalue weighted by Crippen LogP contribution is -2.42. The van der Waals surface area contributed by atoms with Crippen LogP contribution in [0.3, 0.4) is 0 Å². The lowest BCUT2D eigenvalue weighted by Gasteiger charge is -2.29. The standard InChI is InChI=1S/C11H17ClN4O2/c1-8(7-16-2-4-18-5-3-16)14-9-6-13-15-11(17)10(9)12/h6,8H,2-5,7H2,1H3,(H2,14,15,17). The zero-order valence-corrected chi connectivity index (χ0v) is 11.0. The van der Waals surface area contributed by atoms with Crippen LogP contribution in [-0.2, 0) is 4.74 Å². The van der Waals surface area contributed by atoms with Crippen molar-refractivity contribution in [2.24, 2.45) is 0 Å². The Labute approximate surface area is 110 Å². The van der Waals surface area contributed by atoms with E-state index in [4.69, 9.17) is 16.3 Å². The third-order valence-electron chi connectivity index (χ3n) is 2.83. The van der Waals surface area contributed by atoms with Crippen LogP contribution in [0.4, 0.5) is 5.69 Å². The Kier molecular flexibility index (Phi) is 4.57. The molecule has 1 aromatic heterocycles. The number of nitrogens with one attached hydrogen (secondary N) is 2. The molecule has 0 aromatic carbocycles. The van der Waals surface area contributed by atoms with Crippen molar-refractivity contribution in [2.45, 2.75) is 13.0 Å². The molecule has 0 spiro atoms. The summed E-state index contributed by atoms with van der Waals surface area (Å²) >= 11 is 5.90. The van der Waals surface area contributed by atoms with E-state index in [0.29, 0.717) is 5.69 Å². The molecule has 100 valence electrons. The second kappa shape index (κ2) is 6.17. The Bertz CT molecular complexity index is 445. The average Bonchev–Trinajstić information content (AvgIpc) is 2.36. The number of nitrogens with zero attached hydrogens (tertiary/aromatic N) is 2. The normalized spacial score (nSPS) is 18.6. The molecule has 18 heavy (non-hydrogen) atoms.